The maximum atomic E-state index is 12.3. The number of non-ortho nitro benzene ring substituents is 1. The van der Waals surface area contributed by atoms with Gasteiger partial charge in [-0.3, -0.25) is 14.9 Å². The minimum atomic E-state index is -0.470. The highest BCUT2D eigenvalue weighted by molar-refractivity contribution is 5.98. The van der Waals surface area contributed by atoms with Crippen LogP contribution >= 0.6 is 0 Å². The Labute approximate surface area is 123 Å². The molecule has 0 atom stereocenters. The molecule has 108 valence electrons. The molecule has 0 amide bonds. The number of nitrogens with zero attached hydrogens (tertiary/aromatic N) is 1. The van der Waals surface area contributed by atoms with E-state index >= 15 is 0 Å². The van der Waals surface area contributed by atoms with E-state index in [1.807, 2.05) is 20.8 Å². The summed E-state index contributed by atoms with van der Waals surface area (Å²) in [6.45, 7) is 6.03. The van der Waals surface area contributed by atoms with Gasteiger partial charge >= 0.3 is 0 Å². The molecule has 0 fully saturated rings. The molecule has 0 aromatic heterocycles. The van der Waals surface area contributed by atoms with Gasteiger partial charge in [0.05, 0.1) is 4.92 Å². The van der Waals surface area contributed by atoms with E-state index in [1.54, 1.807) is 0 Å². The number of Topliss-reactive ketones (excluding diaryl/α,β-unsaturated/α-hetero) is 1. The first kappa shape index (κ1) is 14.9. The summed E-state index contributed by atoms with van der Waals surface area (Å²) in [5.74, 6) is -0.0278. The summed E-state index contributed by atoms with van der Waals surface area (Å²) in [7, 11) is 0. The second-order valence-corrected chi connectivity index (χ2v) is 5.28. The Morgan fingerprint density at radius 2 is 1.57 bits per heavy atom. The predicted molar refractivity (Wildman–Crippen MR) is 81.8 cm³/mol. The Balaban J connectivity index is 2.24. The van der Waals surface area contributed by atoms with Crippen LogP contribution in [-0.2, 0) is 6.42 Å². The summed E-state index contributed by atoms with van der Waals surface area (Å²) in [5, 5.41) is 10.6. The maximum Gasteiger partial charge on any atom is 0.269 e. The van der Waals surface area contributed by atoms with Crippen molar-refractivity contribution in [1.82, 2.24) is 0 Å². The van der Waals surface area contributed by atoms with Gasteiger partial charge in [0.2, 0.25) is 0 Å². The molecule has 21 heavy (non-hydrogen) atoms. The van der Waals surface area contributed by atoms with Crippen LogP contribution in [0.1, 0.15) is 32.6 Å². The van der Waals surface area contributed by atoms with Crippen LogP contribution in [0.2, 0.25) is 0 Å². The zero-order chi connectivity index (χ0) is 15.6. The van der Waals surface area contributed by atoms with Crippen LogP contribution in [0.3, 0.4) is 0 Å². The number of hydrogen-bond donors (Lipinski definition) is 0. The van der Waals surface area contributed by atoms with Gasteiger partial charge < -0.3 is 0 Å². The summed E-state index contributed by atoms with van der Waals surface area (Å²) in [5.41, 5.74) is 4.90. The van der Waals surface area contributed by atoms with Gasteiger partial charge in [0.15, 0.2) is 5.78 Å². The average Bonchev–Trinajstić information content (AvgIpc) is 2.42. The van der Waals surface area contributed by atoms with E-state index in [1.165, 1.54) is 29.8 Å². The van der Waals surface area contributed by atoms with Gasteiger partial charge in [0, 0.05) is 24.1 Å². The monoisotopic (exact) mass is 283 g/mol. The molecule has 0 aliphatic rings. The number of nitro groups is 1. The fourth-order valence-electron chi connectivity index (χ4n) is 2.52. The lowest BCUT2D eigenvalue weighted by Gasteiger charge is -2.10. The zero-order valence-corrected chi connectivity index (χ0v) is 12.3. The number of aryl methyl sites for hydroxylation is 3. The third-order valence-corrected chi connectivity index (χ3v) is 3.58. The van der Waals surface area contributed by atoms with E-state index in [2.05, 4.69) is 12.1 Å². The number of rotatable bonds is 4. The van der Waals surface area contributed by atoms with Crippen molar-refractivity contribution in [2.75, 3.05) is 0 Å². The van der Waals surface area contributed by atoms with E-state index < -0.39 is 4.92 Å². The molecule has 0 aliphatic carbocycles. The number of ketones is 1. The molecule has 2 rings (SSSR count). The Morgan fingerprint density at radius 3 is 2.05 bits per heavy atom. The zero-order valence-electron chi connectivity index (χ0n) is 12.3. The van der Waals surface area contributed by atoms with Crippen LogP contribution in [-0.4, -0.2) is 10.7 Å². The van der Waals surface area contributed by atoms with E-state index in [0.717, 1.165) is 16.7 Å². The smallest absolute Gasteiger partial charge is 0.269 e. The minimum absolute atomic E-state index is 0.00533. The topological polar surface area (TPSA) is 60.2 Å². The lowest BCUT2D eigenvalue weighted by Crippen LogP contribution is -2.07. The molecule has 4 nitrogen and oxygen atoms in total. The largest absolute Gasteiger partial charge is 0.294 e. The van der Waals surface area contributed by atoms with Crippen molar-refractivity contribution in [2.45, 2.75) is 27.2 Å². The highest BCUT2D eigenvalue weighted by Crippen LogP contribution is 2.19. The van der Waals surface area contributed by atoms with E-state index in [9.17, 15) is 14.9 Å². The highest BCUT2D eigenvalue weighted by atomic mass is 16.6. The Hall–Kier alpha value is -2.49. The summed E-state index contributed by atoms with van der Waals surface area (Å²) < 4.78 is 0. The molecular weight excluding hydrogens is 266 g/mol. The summed E-state index contributed by atoms with van der Waals surface area (Å²) in [6, 6.07) is 9.87. The molecule has 0 bridgehead atoms. The van der Waals surface area contributed by atoms with Crippen molar-refractivity contribution in [1.29, 1.82) is 0 Å². The molecule has 0 unspecified atom stereocenters. The van der Waals surface area contributed by atoms with Gasteiger partial charge in [-0.05, 0) is 49.6 Å². The van der Waals surface area contributed by atoms with Crippen LogP contribution in [0.25, 0.3) is 0 Å². The van der Waals surface area contributed by atoms with Crippen molar-refractivity contribution in [3.63, 3.8) is 0 Å². The highest BCUT2D eigenvalue weighted by Gasteiger charge is 2.13. The Kier molecular flexibility index (Phi) is 4.17. The quantitative estimate of drug-likeness (QED) is 0.485. The van der Waals surface area contributed by atoms with Crippen molar-refractivity contribution >= 4 is 11.5 Å². The predicted octanol–water partition coefficient (Wildman–Crippen LogP) is 3.95. The molecular formula is C17H17NO3. The first-order valence-corrected chi connectivity index (χ1v) is 6.73. The Bertz CT molecular complexity index is 679. The van der Waals surface area contributed by atoms with Crippen LogP contribution < -0.4 is 0 Å². The van der Waals surface area contributed by atoms with Gasteiger partial charge in [-0.2, -0.15) is 0 Å². The number of hydrogen-bond acceptors (Lipinski definition) is 3. The first-order chi connectivity index (χ1) is 9.88. The number of carbonyl (C=O) groups excluding carboxylic acids is 1. The summed E-state index contributed by atoms with van der Waals surface area (Å²) in [4.78, 5) is 22.5. The molecule has 0 heterocycles. The average molecular weight is 283 g/mol. The van der Waals surface area contributed by atoms with Gasteiger partial charge in [-0.1, -0.05) is 17.7 Å². The van der Waals surface area contributed by atoms with E-state index in [0.29, 0.717) is 12.0 Å². The van der Waals surface area contributed by atoms with Crippen LogP contribution in [0.5, 0.6) is 0 Å². The van der Waals surface area contributed by atoms with Gasteiger partial charge in [-0.15, -0.1) is 0 Å². The summed E-state index contributed by atoms with van der Waals surface area (Å²) in [6.07, 6.45) is 0.315. The molecule has 0 saturated carbocycles. The van der Waals surface area contributed by atoms with Crippen LogP contribution in [0.15, 0.2) is 36.4 Å². The first-order valence-electron chi connectivity index (χ1n) is 6.73. The van der Waals surface area contributed by atoms with Crippen molar-refractivity contribution in [2.24, 2.45) is 0 Å². The fourth-order valence-corrected chi connectivity index (χ4v) is 2.52. The number of benzene rings is 2. The van der Waals surface area contributed by atoms with Crippen molar-refractivity contribution < 1.29 is 9.72 Å². The van der Waals surface area contributed by atoms with Gasteiger partial charge in [0.25, 0.3) is 5.69 Å². The maximum absolute atomic E-state index is 12.3. The second kappa shape index (κ2) is 5.87. The third kappa shape index (κ3) is 3.34. The van der Waals surface area contributed by atoms with E-state index in [-0.39, 0.29) is 11.5 Å². The van der Waals surface area contributed by atoms with Crippen molar-refractivity contribution in [3.05, 3.63) is 74.3 Å². The minimum Gasteiger partial charge on any atom is -0.294 e. The van der Waals surface area contributed by atoms with E-state index in [4.69, 9.17) is 0 Å². The second-order valence-electron chi connectivity index (χ2n) is 5.28. The molecule has 0 saturated heterocycles. The Morgan fingerprint density at radius 1 is 1.05 bits per heavy atom. The molecule has 0 spiro atoms. The molecule has 0 N–H and O–H groups in total. The molecule has 4 heteroatoms. The lowest BCUT2D eigenvalue weighted by molar-refractivity contribution is -0.384. The number of carbonyl (C=O) groups is 1. The fraction of sp³-hybridized carbons (Fsp3) is 0.235. The normalized spacial score (nSPS) is 10.4. The number of nitro benzene ring substituents is 1. The molecule has 0 aliphatic heterocycles. The molecule has 2 aromatic carbocycles. The molecule has 0 radical (unpaired) electrons. The van der Waals surface area contributed by atoms with Gasteiger partial charge in [0.1, 0.15) is 0 Å². The van der Waals surface area contributed by atoms with Gasteiger partial charge in [-0.25, -0.2) is 0 Å². The SMILES string of the molecule is Cc1cc(C)c(CC(=O)c2ccc([N+](=O)[O-])cc2)c(C)c1. The molecule has 2 aromatic rings. The van der Waals surface area contributed by atoms with Crippen LogP contribution in [0, 0.1) is 30.9 Å². The lowest BCUT2D eigenvalue weighted by atomic mass is 9.94. The van der Waals surface area contributed by atoms with Crippen LogP contribution in [0.4, 0.5) is 5.69 Å². The standard InChI is InChI=1S/C17H17NO3/c1-11-8-12(2)16(13(3)9-11)10-17(19)14-4-6-15(7-5-14)18(20)21/h4-9H,10H2,1-3H3. The third-order valence-electron chi connectivity index (χ3n) is 3.58. The summed E-state index contributed by atoms with van der Waals surface area (Å²) >= 11 is 0. The van der Waals surface area contributed by atoms with Crippen molar-refractivity contribution in [3.8, 4) is 0 Å².